The number of carbonyl (C=O) groups excluding carboxylic acids is 1. The number of hydrogen-bond donors (Lipinski definition) is 0. The van der Waals surface area contributed by atoms with E-state index in [9.17, 15) is 4.79 Å². The zero-order valence-electron chi connectivity index (χ0n) is 13.2. The van der Waals surface area contributed by atoms with Crippen LogP contribution in [0.1, 0.15) is 11.3 Å². The monoisotopic (exact) mass is 322 g/mol. The van der Waals surface area contributed by atoms with Crippen LogP contribution in [0, 0.1) is 6.92 Å². The molecular weight excluding hydrogens is 304 g/mol. The lowest BCUT2D eigenvalue weighted by Crippen LogP contribution is -2.27. The van der Waals surface area contributed by atoms with E-state index in [1.54, 1.807) is 23.3 Å². The molecule has 0 saturated heterocycles. The number of aryl methyl sites for hydroxylation is 1. The Labute approximate surface area is 140 Å². The lowest BCUT2D eigenvalue weighted by molar-refractivity contribution is -0.117. The van der Waals surface area contributed by atoms with Gasteiger partial charge in [0.25, 0.3) is 0 Å². The van der Waals surface area contributed by atoms with Crippen molar-refractivity contribution in [3.8, 4) is 10.6 Å². The van der Waals surface area contributed by atoms with E-state index in [-0.39, 0.29) is 5.91 Å². The summed E-state index contributed by atoms with van der Waals surface area (Å²) in [6.45, 7) is 2.07. The number of nitrogens with zero attached hydrogens (tertiary/aromatic N) is 2. The van der Waals surface area contributed by atoms with E-state index >= 15 is 0 Å². The third-order valence-corrected chi connectivity index (χ3v) is 4.61. The molecular formula is C19H18N2OS. The Morgan fingerprint density at radius 2 is 1.91 bits per heavy atom. The highest BCUT2D eigenvalue weighted by molar-refractivity contribution is 7.13. The minimum absolute atomic E-state index is 0.0392. The van der Waals surface area contributed by atoms with Crippen molar-refractivity contribution < 1.29 is 4.79 Å². The Hall–Kier alpha value is -2.46. The first-order chi connectivity index (χ1) is 11.1. The quantitative estimate of drug-likeness (QED) is 0.716. The van der Waals surface area contributed by atoms with Crippen LogP contribution < -0.4 is 4.90 Å². The predicted octanol–water partition coefficient (Wildman–Crippen LogP) is 4.32. The molecule has 3 nitrogen and oxygen atoms in total. The molecule has 0 aliphatic heterocycles. The average molecular weight is 322 g/mol. The molecule has 0 saturated carbocycles. The van der Waals surface area contributed by atoms with Gasteiger partial charge in [-0.15, -0.1) is 11.3 Å². The molecule has 0 atom stereocenters. The molecule has 0 aliphatic rings. The van der Waals surface area contributed by atoms with Crippen LogP contribution in [-0.2, 0) is 11.2 Å². The molecule has 3 aromatic rings. The number of aromatic nitrogens is 1. The number of amides is 1. The van der Waals surface area contributed by atoms with Crippen molar-refractivity contribution in [2.45, 2.75) is 13.3 Å². The molecule has 0 unspecified atom stereocenters. The summed E-state index contributed by atoms with van der Waals surface area (Å²) in [6, 6.07) is 17.9. The summed E-state index contributed by atoms with van der Waals surface area (Å²) < 4.78 is 0. The van der Waals surface area contributed by atoms with Crippen LogP contribution in [0.2, 0.25) is 0 Å². The topological polar surface area (TPSA) is 33.2 Å². The van der Waals surface area contributed by atoms with Gasteiger partial charge in [0.1, 0.15) is 5.01 Å². The zero-order valence-corrected chi connectivity index (χ0v) is 14.0. The Morgan fingerprint density at radius 3 is 2.65 bits per heavy atom. The number of carbonyl (C=O) groups is 1. The van der Waals surface area contributed by atoms with E-state index in [1.165, 1.54) is 5.56 Å². The molecule has 1 amide bonds. The fraction of sp³-hybridized carbons (Fsp3) is 0.158. The van der Waals surface area contributed by atoms with Crippen LogP contribution in [0.25, 0.3) is 10.6 Å². The van der Waals surface area contributed by atoms with Crippen LogP contribution in [0.15, 0.2) is 60.0 Å². The first-order valence-electron chi connectivity index (χ1n) is 7.46. The minimum atomic E-state index is 0.0392. The Kier molecular flexibility index (Phi) is 4.53. The van der Waals surface area contributed by atoms with Crippen molar-refractivity contribution in [3.63, 3.8) is 0 Å². The highest BCUT2D eigenvalue weighted by Crippen LogP contribution is 2.25. The average Bonchev–Trinajstić information content (AvgIpc) is 3.03. The lowest BCUT2D eigenvalue weighted by atomic mass is 10.1. The molecule has 0 aliphatic carbocycles. The van der Waals surface area contributed by atoms with E-state index in [0.29, 0.717) is 6.42 Å². The normalized spacial score (nSPS) is 10.5. The van der Waals surface area contributed by atoms with Gasteiger partial charge in [0.15, 0.2) is 0 Å². The van der Waals surface area contributed by atoms with Crippen LogP contribution in [-0.4, -0.2) is 17.9 Å². The van der Waals surface area contributed by atoms with E-state index < -0.39 is 0 Å². The highest BCUT2D eigenvalue weighted by atomic mass is 32.1. The lowest BCUT2D eigenvalue weighted by Gasteiger charge is -2.16. The number of thiazole rings is 1. The van der Waals surface area contributed by atoms with Gasteiger partial charge < -0.3 is 4.90 Å². The second-order valence-corrected chi connectivity index (χ2v) is 6.34. The number of benzene rings is 2. The van der Waals surface area contributed by atoms with Gasteiger partial charge in [-0.1, -0.05) is 42.0 Å². The van der Waals surface area contributed by atoms with Crippen molar-refractivity contribution >= 4 is 22.9 Å². The van der Waals surface area contributed by atoms with Gasteiger partial charge in [-0.3, -0.25) is 4.79 Å². The van der Waals surface area contributed by atoms with Crippen molar-refractivity contribution in [1.29, 1.82) is 0 Å². The Bertz CT molecular complexity index is 811. The van der Waals surface area contributed by atoms with Crippen LogP contribution in [0.5, 0.6) is 0 Å². The maximum atomic E-state index is 12.4. The summed E-state index contributed by atoms with van der Waals surface area (Å²) in [7, 11) is 1.80. The second-order valence-electron chi connectivity index (χ2n) is 5.48. The highest BCUT2D eigenvalue weighted by Gasteiger charge is 2.14. The maximum Gasteiger partial charge on any atom is 0.232 e. The van der Waals surface area contributed by atoms with E-state index in [2.05, 4.69) is 24.0 Å². The Balaban J connectivity index is 1.73. The summed E-state index contributed by atoms with van der Waals surface area (Å²) in [5.41, 5.74) is 4.02. The summed E-state index contributed by atoms with van der Waals surface area (Å²) in [6.07, 6.45) is 0.313. The fourth-order valence-electron chi connectivity index (χ4n) is 2.37. The van der Waals surface area contributed by atoms with Crippen LogP contribution >= 0.6 is 11.3 Å². The molecule has 3 rings (SSSR count). The summed E-state index contributed by atoms with van der Waals surface area (Å²) in [5.74, 6) is 0.0392. The number of hydrogen-bond acceptors (Lipinski definition) is 3. The smallest absolute Gasteiger partial charge is 0.232 e. The molecule has 1 heterocycles. The number of anilines is 1. The minimum Gasteiger partial charge on any atom is -0.315 e. The molecule has 0 radical (unpaired) electrons. The van der Waals surface area contributed by atoms with Gasteiger partial charge in [-0.25, -0.2) is 4.98 Å². The SMILES string of the molecule is Cc1cccc(-c2nc(CC(=O)N(C)c3ccccc3)cs2)c1. The Morgan fingerprint density at radius 1 is 1.13 bits per heavy atom. The molecule has 4 heteroatoms. The first-order valence-corrected chi connectivity index (χ1v) is 8.34. The van der Waals surface area contributed by atoms with Gasteiger partial charge in [-0.05, 0) is 25.1 Å². The molecule has 0 spiro atoms. The molecule has 2 aromatic carbocycles. The van der Waals surface area contributed by atoms with Gasteiger partial charge in [0.05, 0.1) is 12.1 Å². The van der Waals surface area contributed by atoms with Crippen molar-refractivity contribution in [3.05, 3.63) is 71.2 Å². The van der Waals surface area contributed by atoms with Gasteiger partial charge in [0.2, 0.25) is 5.91 Å². The molecule has 1 aromatic heterocycles. The third kappa shape index (κ3) is 3.66. The van der Waals surface area contributed by atoms with Crippen molar-refractivity contribution in [2.75, 3.05) is 11.9 Å². The van der Waals surface area contributed by atoms with Gasteiger partial charge in [0, 0.05) is 23.7 Å². The number of rotatable bonds is 4. The summed E-state index contributed by atoms with van der Waals surface area (Å²) >= 11 is 1.58. The number of para-hydroxylation sites is 1. The molecule has 0 N–H and O–H groups in total. The second kappa shape index (κ2) is 6.75. The van der Waals surface area contributed by atoms with E-state index in [1.807, 2.05) is 47.8 Å². The number of likely N-dealkylation sites (N-methyl/N-ethyl adjacent to an activating group) is 1. The third-order valence-electron chi connectivity index (χ3n) is 3.67. The maximum absolute atomic E-state index is 12.4. The summed E-state index contributed by atoms with van der Waals surface area (Å²) in [5, 5.41) is 2.92. The fourth-order valence-corrected chi connectivity index (χ4v) is 3.18. The standard InChI is InChI=1S/C19H18N2OS/c1-14-7-6-8-15(11-14)19-20-16(13-23-19)12-18(22)21(2)17-9-4-3-5-10-17/h3-11,13H,12H2,1-2H3. The summed E-state index contributed by atoms with van der Waals surface area (Å²) in [4.78, 5) is 18.7. The van der Waals surface area contributed by atoms with Gasteiger partial charge in [-0.2, -0.15) is 0 Å². The van der Waals surface area contributed by atoms with Crippen molar-refractivity contribution in [1.82, 2.24) is 4.98 Å². The van der Waals surface area contributed by atoms with Crippen LogP contribution in [0.4, 0.5) is 5.69 Å². The van der Waals surface area contributed by atoms with E-state index in [0.717, 1.165) is 22.0 Å². The molecule has 116 valence electrons. The molecule has 23 heavy (non-hydrogen) atoms. The zero-order chi connectivity index (χ0) is 16.2. The van der Waals surface area contributed by atoms with Crippen molar-refractivity contribution in [2.24, 2.45) is 0 Å². The predicted molar refractivity (Wildman–Crippen MR) is 95.8 cm³/mol. The molecule has 0 fully saturated rings. The van der Waals surface area contributed by atoms with Crippen LogP contribution in [0.3, 0.4) is 0 Å². The van der Waals surface area contributed by atoms with E-state index in [4.69, 9.17) is 0 Å². The van der Waals surface area contributed by atoms with Gasteiger partial charge >= 0.3 is 0 Å². The molecule has 0 bridgehead atoms. The largest absolute Gasteiger partial charge is 0.315 e. The first kappa shape index (κ1) is 15.4.